The normalized spacial score (nSPS) is 16.8. The molecule has 1 aliphatic carbocycles. The van der Waals surface area contributed by atoms with Crippen LogP contribution in [0.5, 0.6) is 0 Å². The Labute approximate surface area is 221 Å². The highest BCUT2D eigenvalue weighted by atomic mass is 16.2. The van der Waals surface area contributed by atoms with Crippen molar-refractivity contribution in [2.24, 2.45) is 5.92 Å². The Kier molecular flexibility index (Phi) is 6.51. The predicted molar refractivity (Wildman–Crippen MR) is 147 cm³/mol. The number of H-pyrrole nitrogens is 1. The molecule has 1 saturated carbocycles. The summed E-state index contributed by atoms with van der Waals surface area (Å²) in [5.41, 5.74) is 3.79. The van der Waals surface area contributed by atoms with E-state index in [1.54, 1.807) is 18.3 Å². The van der Waals surface area contributed by atoms with E-state index in [9.17, 15) is 9.59 Å². The van der Waals surface area contributed by atoms with E-state index < -0.39 is 0 Å². The number of carbonyl (C=O) groups excluding carboxylic acids is 2. The largest absolute Gasteiger partial charge is 0.369 e. The SMILES string of the molecule is CN1CCN(c2ccc(C(=O)Nc3n[nH]c4ccc(C(=O)NC(c5ccccn5)C5CC5)cc34)cc2)CC1. The van der Waals surface area contributed by atoms with Gasteiger partial charge in [0.2, 0.25) is 0 Å². The molecule has 6 rings (SSSR count). The molecule has 194 valence electrons. The van der Waals surface area contributed by atoms with Crippen LogP contribution in [-0.2, 0) is 0 Å². The number of aromatic nitrogens is 3. The number of carbonyl (C=O) groups is 2. The van der Waals surface area contributed by atoms with Crippen molar-refractivity contribution in [1.29, 1.82) is 0 Å². The van der Waals surface area contributed by atoms with E-state index in [2.05, 4.69) is 42.7 Å². The maximum Gasteiger partial charge on any atom is 0.256 e. The van der Waals surface area contributed by atoms with Crippen molar-refractivity contribution in [1.82, 2.24) is 25.4 Å². The van der Waals surface area contributed by atoms with Gasteiger partial charge in [0.25, 0.3) is 11.8 Å². The van der Waals surface area contributed by atoms with Crippen LogP contribution in [0.4, 0.5) is 11.5 Å². The highest BCUT2D eigenvalue weighted by Gasteiger charge is 2.34. The fourth-order valence-electron chi connectivity index (χ4n) is 4.97. The summed E-state index contributed by atoms with van der Waals surface area (Å²) in [4.78, 5) is 35.3. The first-order chi connectivity index (χ1) is 18.5. The van der Waals surface area contributed by atoms with Gasteiger partial charge in [0.1, 0.15) is 0 Å². The van der Waals surface area contributed by atoms with Crippen LogP contribution >= 0.6 is 0 Å². The van der Waals surface area contributed by atoms with E-state index in [1.807, 2.05) is 48.5 Å². The summed E-state index contributed by atoms with van der Waals surface area (Å²) in [6.45, 7) is 4.00. The number of hydrogen-bond acceptors (Lipinski definition) is 6. The van der Waals surface area contributed by atoms with Crippen molar-refractivity contribution in [3.8, 4) is 0 Å². The average Bonchev–Trinajstić information content (AvgIpc) is 3.73. The van der Waals surface area contributed by atoms with Gasteiger partial charge in [0.15, 0.2) is 5.82 Å². The Bertz CT molecular complexity index is 1440. The third-order valence-electron chi connectivity index (χ3n) is 7.44. The molecule has 9 nitrogen and oxygen atoms in total. The van der Waals surface area contributed by atoms with Gasteiger partial charge in [-0.15, -0.1) is 0 Å². The zero-order valence-electron chi connectivity index (χ0n) is 21.4. The Hall–Kier alpha value is -4.24. The number of anilines is 2. The van der Waals surface area contributed by atoms with Crippen LogP contribution in [0.3, 0.4) is 0 Å². The van der Waals surface area contributed by atoms with Gasteiger partial charge in [-0.2, -0.15) is 5.10 Å². The maximum absolute atomic E-state index is 13.2. The Balaban J connectivity index is 1.16. The average molecular weight is 510 g/mol. The molecule has 3 heterocycles. The van der Waals surface area contributed by atoms with E-state index in [-0.39, 0.29) is 17.9 Å². The molecule has 4 aromatic rings. The molecule has 1 aliphatic heterocycles. The lowest BCUT2D eigenvalue weighted by atomic mass is 10.1. The van der Waals surface area contributed by atoms with Gasteiger partial charge < -0.3 is 20.4 Å². The van der Waals surface area contributed by atoms with E-state index in [0.29, 0.717) is 28.2 Å². The molecule has 1 unspecified atom stereocenters. The number of aromatic amines is 1. The highest BCUT2D eigenvalue weighted by Crippen LogP contribution is 2.40. The van der Waals surface area contributed by atoms with E-state index >= 15 is 0 Å². The zero-order valence-corrected chi connectivity index (χ0v) is 21.4. The lowest BCUT2D eigenvalue weighted by Crippen LogP contribution is -2.44. The standard InChI is InChI=1S/C29H31N7O2/c1-35-14-16-36(17-15-35)22-10-7-20(8-11-22)28(37)32-27-23-18-21(9-12-24(23)33-34-27)29(38)31-26(19-5-6-19)25-4-2-3-13-30-25/h2-4,7-13,18-19,26H,5-6,14-17H2,1H3,(H,31,38)(H2,32,33,34,37). The lowest BCUT2D eigenvalue weighted by Gasteiger charge is -2.34. The quantitative estimate of drug-likeness (QED) is 0.350. The number of fused-ring (bicyclic) bond motifs is 1. The molecule has 2 aromatic carbocycles. The molecule has 1 atom stereocenters. The maximum atomic E-state index is 13.2. The summed E-state index contributed by atoms with van der Waals surface area (Å²) in [5.74, 6) is 0.379. The fourth-order valence-corrected chi connectivity index (χ4v) is 4.97. The summed E-state index contributed by atoms with van der Waals surface area (Å²) >= 11 is 0. The molecule has 0 radical (unpaired) electrons. The molecule has 1 saturated heterocycles. The third kappa shape index (κ3) is 5.10. The Morgan fingerprint density at radius 2 is 1.71 bits per heavy atom. The van der Waals surface area contributed by atoms with Crippen molar-refractivity contribution in [2.45, 2.75) is 18.9 Å². The van der Waals surface area contributed by atoms with Crippen molar-refractivity contribution in [3.63, 3.8) is 0 Å². The first-order valence-corrected chi connectivity index (χ1v) is 13.1. The highest BCUT2D eigenvalue weighted by molar-refractivity contribution is 6.09. The van der Waals surface area contributed by atoms with Gasteiger partial charge in [-0.05, 0) is 80.4 Å². The second kappa shape index (κ2) is 10.3. The second-order valence-electron chi connectivity index (χ2n) is 10.2. The molecule has 2 aromatic heterocycles. The molecule has 3 N–H and O–H groups in total. The number of nitrogens with one attached hydrogen (secondary N) is 3. The van der Waals surface area contributed by atoms with Crippen LogP contribution in [0.2, 0.25) is 0 Å². The minimum Gasteiger partial charge on any atom is -0.369 e. The third-order valence-corrected chi connectivity index (χ3v) is 7.44. The van der Waals surface area contributed by atoms with Gasteiger partial charge in [-0.25, -0.2) is 0 Å². The van der Waals surface area contributed by atoms with E-state index in [4.69, 9.17) is 0 Å². The number of benzene rings is 2. The number of likely N-dealkylation sites (N-methyl/N-ethyl adjacent to an activating group) is 1. The Morgan fingerprint density at radius 1 is 0.947 bits per heavy atom. The van der Waals surface area contributed by atoms with E-state index in [1.165, 1.54) is 0 Å². The van der Waals surface area contributed by atoms with Crippen LogP contribution in [0, 0.1) is 5.92 Å². The molecular formula is C29H31N7O2. The summed E-state index contributed by atoms with van der Waals surface area (Å²) in [6, 6.07) is 18.7. The number of nitrogens with zero attached hydrogens (tertiary/aromatic N) is 4. The number of pyridine rings is 1. The Morgan fingerprint density at radius 3 is 2.42 bits per heavy atom. The number of amides is 2. The minimum atomic E-state index is -0.248. The minimum absolute atomic E-state index is 0.114. The van der Waals surface area contributed by atoms with Gasteiger partial charge >= 0.3 is 0 Å². The van der Waals surface area contributed by atoms with Gasteiger partial charge in [-0.1, -0.05) is 6.07 Å². The molecule has 9 heteroatoms. The number of hydrogen-bond donors (Lipinski definition) is 3. The van der Waals surface area contributed by atoms with Crippen LogP contribution in [0.1, 0.15) is 45.3 Å². The van der Waals surface area contributed by atoms with Gasteiger partial charge in [0, 0.05) is 54.6 Å². The molecule has 0 spiro atoms. The second-order valence-corrected chi connectivity index (χ2v) is 10.2. The number of piperazine rings is 1. The van der Waals surface area contributed by atoms with Crippen LogP contribution in [0.15, 0.2) is 66.9 Å². The van der Waals surface area contributed by atoms with Crippen molar-refractivity contribution in [3.05, 3.63) is 83.7 Å². The summed E-state index contributed by atoms with van der Waals surface area (Å²) in [7, 11) is 2.13. The smallest absolute Gasteiger partial charge is 0.256 e. The van der Waals surface area contributed by atoms with Crippen LogP contribution in [0.25, 0.3) is 10.9 Å². The van der Waals surface area contributed by atoms with Crippen molar-refractivity contribution < 1.29 is 9.59 Å². The van der Waals surface area contributed by atoms with Gasteiger partial charge in [-0.3, -0.25) is 19.7 Å². The molecule has 2 amide bonds. The summed E-state index contributed by atoms with van der Waals surface area (Å²) < 4.78 is 0. The zero-order chi connectivity index (χ0) is 26.1. The summed E-state index contributed by atoms with van der Waals surface area (Å²) in [6.07, 6.45) is 3.91. The monoisotopic (exact) mass is 509 g/mol. The first kappa shape index (κ1) is 24.1. The van der Waals surface area contributed by atoms with Crippen LogP contribution < -0.4 is 15.5 Å². The molecule has 2 fully saturated rings. The topological polar surface area (TPSA) is 106 Å². The lowest BCUT2D eigenvalue weighted by molar-refractivity contribution is 0.0930. The molecular weight excluding hydrogens is 478 g/mol. The fraction of sp³-hybridized carbons (Fsp3) is 0.310. The first-order valence-electron chi connectivity index (χ1n) is 13.1. The molecule has 38 heavy (non-hydrogen) atoms. The predicted octanol–water partition coefficient (Wildman–Crippen LogP) is 3.84. The van der Waals surface area contributed by atoms with E-state index in [0.717, 1.165) is 55.9 Å². The van der Waals surface area contributed by atoms with Crippen molar-refractivity contribution in [2.75, 3.05) is 43.4 Å². The van der Waals surface area contributed by atoms with Crippen molar-refractivity contribution >= 4 is 34.2 Å². The van der Waals surface area contributed by atoms with Crippen LogP contribution in [-0.4, -0.2) is 65.1 Å². The summed E-state index contributed by atoms with van der Waals surface area (Å²) in [5, 5.41) is 14.0. The number of rotatable bonds is 7. The van der Waals surface area contributed by atoms with Gasteiger partial charge in [0.05, 0.1) is 17.3 Å². The molecule has 2 aliphatic rings. The molecule has 0 bridgehead atoms.